The molecule has 1 heterocycles. The van der Waals surface area contributed by atoms with Gasteiger partial charge in [0, 0.05) is 27.7 Å². The topological polar surface area (TPSA) is 33.1 Å². The summed E-state index contributed by atoms with van der Waals surface area (Å²) in [7, 11) is 6.08. The summed E-state index contributed by atoms with van der Waals surface area (Å²) in [6.07, 6.45) is 4.41. The van der Waals surface area contributed by atoms with Crippen LogP contribution in [0.1, 0.15) is 25.5 Å². The Labute approximate surface area is 92.3 Å². The second kappa shape index (κ2) is 5.75. The lowest BCUT2D eigenvalue weighted by atomic mass is 10.3. The number of aromatic nitrogens is 2. The highest BCUT2D eigenvalue weighted by atomic mass is 15.3. The highest BCUT2D eigenvalue weighted by Gasteiger charge is 2.06. The first kappa shape index (κ1) is 12.0. The lowest BCUT2D eigenvalue weighted by molar-refractivity contribution is 0.619. The molecule has 4 heteroatoms. The molecule has 0 atom stereocenters. The Kier molecular flexibility index (Phi) is 4.62. The molecular weight excluding hydrogens is 188 g/mol. The van der Waals surface area contributed by atoms with Gasteiger partial charge in [0.25, 0.3) is 0 Å². The van der Waals surface area contributed by atoms with Gasteiger partial charge in [0.05, 0.1) is 11.9 Å². The lowest BCUT2D eigenvalue weighted by Gasteiger charge is -2.12. The molecule has 0 aliphatic rings. The summed E-state index contributed by atoms with van der Waals surface area (Å²) >= 11 is 0. The Morgan fingerprint density at radius 3 is 2.73 bits per heavy atom. The molecule has 1 aromatic heterocycles. The molecule has 0 radical (unpaired) electrons. The molecule has 86 valence electrons. The summed E-state index contributed by atoms with van der Waals surface area (Å²) in [6, 6.07) is 0. The average Bonchev–Trinajstić information content (AvgIpc) is 2.55. The third-order valence-electron chi connectivity index (χ3n) is 2.47. The zero-order valence-electron chi connectivity index (χ0n) is 10.2. The number of rotatable bonds is 6. The van der Waals surface area contributed by atoms with Crippen LogP contribution in [0.2, 0.25) is 0 Å². The van der Waals surface area contributed by atoms with Gasteiger partial charge in [0.1, 0.15) is 0 Å². The maximum Gasteiger partial charge on any atom is 0.204 e. The number of nitrogens with zero attached hydrogens (tertiary/aromatic N) is 3. The number of hydrogen-bond donors (Lipinski definition) is 1. The molecule has 0 bridgehead atoms. The number of unbranched alkanes of at least 4 members (excludes halogenated alkanes) is 1. The Balaban J connectivity index is 2.48. The molecule has 1 rings (SSSR count). The number of anilines is 1. The lowest BCUT2D eigenvalue weighted by Crippen LogP contribution is -2.18. The molecule has 0 saturated heterocycles. The quantitative estimate of drug-likeness (QED) is 0.720. The van der Waals surface area contributed by atoms with Crippen LogP contribution >= 0.6 is 0 Å². The molecule has 0 spiro atoms. The molecule has 0 aliphatic carbocycles. The van der Waals surface area contributed by atoms with E-state index in [2.05, 4.69) is 28.8 Å². The molecular formula is C11H22N4. The van der Waals surface area contributed by atoms with E-state index >= 15 is 0 Å². The van der Waals surface area contributed by atoms with E-state index in [1.165, 1.54) is 18.5 Å². The van der Waals surface area contributed by atoms with Gasteiger partial charge in [-0.25, -0.2) is 4.98 Å². The van der Waals surface area contributed by atoms with Crippen molar-refractivity contribution in [3.8, 4) is 0 Å². The van der Waals surface area contributed by atoms with Crippen molar-refractivity contribution in [1.82, 2.24) is 14.9 Å². The van der Waals surface area contributed by atoms with E-state index in [0.29, 0.717) is 0 Å². The maximum atomic E-state index is 4.36. The molecule has 0 unspecified atom stereocenters. The first-order chi connectivity index (χ1) is 7.16. The molecule has 0 amide bonds. The second-order valence-corrected chi connectivity index (χ2v) is 4.03. The molecule has 4 nitrogen and oxygen atoms in total. The van der Waals surface area contributed by atoms with E-state index in [9.17, 15) is 0 Å². The Morgan fingerprint density at radius 2 is 2.20 bits per heavy atom. The number of imidazole rings is 1. The van der Waals surface area contributed by atoms with Gasteiger partial charge in [-0.1, -0.05) is 13.3 Å². The van der Waals surface area contributed by atoms with Crippen molar-refractivity contribution in [3.05, 3.63) is 11.9 Å². The SMILES string of the molecule is CCCCNCc1cnc(N(C)C)n1C. The largest absolute Gasteiger partial charge is 0.348 e. The molecule has 1 N–H and O–H groups in total. The van der Waals surface area contributed by atoms with Crippen LogP contribution in [0.4, 0.5) is 5.95 Å². The monoisotopic (exact) mass is 210 g/mol. The van der Waals surface area contributed by atoms with Gasteiger partial charge in [-0.2, -0.15) is 0 Å². The van der Waals surface area contributed by atoms with Crippen LogP contribution in [-0.2, 0) is 13.6 Å². The van der Waals surface area contributed by atoms with Gasteiger partial charge in [-0.3, -0.25) is 0 Å². The second-order valence-electron chi connectivity index (χ2n) is 4.03. The first-order valence-electron chi connectivity index (χ1n) is 5.55. The minimum absolute atomic E-state index is 0.900. The standard InChI is InChI=1S/C11H22N4/c1-5-6-7-12-8-10-9-13-11(14(2)3)15(10)4/h9,12H,5-8H2,1-4H3. The minimum Gasteiger partial charge on any atom is -0.348 e. The third-order valence-corrected chi connectivity index (χ3v) is 2.47. The Hall–Kier alpha value is -1.03. The summed E-state index contributed by atoms with van der Waals surface area (Å²) in [4.78, 5) is 6.39. The summed E-state index contributed by atoms with van der Waals surface area (Å²) in [5.41, 5.74) is 1.23. The molecule has 0 fully saturated rings. The van der Waals surface area contributed by atoms with Crippen molar-refractivity contribution in [2.24, 2.45) is 7.05 Å². The number of hydrogen-bond acceptors (Lipinski definition) is 3. The Bertz CT molecular complexity index is 291. The van der Waals surface area contributed by atoms with Crippen LogP contribution in [0.3, 0.4) is 0 Å². The van der Waals surface area contributed by atoms with Crippen molar-refractivity contribution < 1.29 is 0 Å². The van der Waals surface area contributed by atoms with Crippen LogP contribution in [-0.4, -0.2) is 30.2 Å². The van der Waals surface area contributed by atoms with Gasteiger partial charge < -0.3 is 14.8 Å². The van der Waals surface area contributed by atoms with E-state index in [1.807, 2.05) is 25.2 Å². The van der Waals surface area contributed by atoms with Crippen LogP contribution in [0.15, 0.2) is 6.20 Å². The maximum absolute atomic E-state index is 4.36. The molecule has 0 aliphatic heterocycles. The van der Waals surface area contributed by atoms with Gasteiger partial charge >= 0.3 is 0 Å². The summed E-state index contributed by atoms with van der Waals surface area (Å²) in [6.45, 7) is 4.19. The summed E-state index contributed by atoms with van der Waals surface area (Å²) in [5.74, 6) is 1.00. The summed E-state index contributed by atoms with van der Waals surface area (Å²) < 4.78 is 2.12. The van der Waals surface area contributed by atoms with Gasteiger partial charge in [-0.05, 0) is 13.0 Å². The van der Waals surface area contributed by atoms with Crippen molar-refractivity contribution >= 4 is 5.95 Å². The summed E-state index contributed by atoms with van der Waals surface area (Å²) in [5, 5.41) is 3.42. The smallest absolute Gasteiger partial charge is 0.204 e. The highest BCUT2D eigenvalue weighted by molar-refractivity contribution is 5.30. The predicted molar refractivity (Wildman–Crippen MR) is 64.1 cm³/mol. The van der Waals surface area contributed by atoms with Crippen LogP contribution in [0.5, 0.6) is 0 Å². The van der Waals surface area contributed by atoms with Crippen molar-refractivity contribution in [1.29, 1.82) is 0 Å². The van der Waals surface area contributed by atoms with Crippen molar-refractivity contribution in [2.75, 3.05) is 25.5 Å². The fourth-order valence-electron chi connectivity index (χ4n) is 1.53. The fourth-order valence-corrected chi connectivity index (χ4v) is 1.53. The normalized spacial score (nSPS) is 10.7. The Morgan fingerprint density at radius 1 is 1.47 bits per heavy atom. The van der Waals surface area contributed by atoms with Crippen LogP contribution in [0, 0.1) is 0 Å². The minimum atomic E-state index is 0.900. The molecule has 15 heavy (non-hydrogen) atoms. The highest BCUT2D eigenvalue weighted by Crippen LogP contribution is 2.10. The molecule has 0 aromatic carbocycles. The van der Waals surface area contributed by atoms with E-state index < -0.39 is 0 Å². The predicted octanol–water partition coefficient (Wildman–Crippen LogP) is 1.38. The van der Waals surface area contributed by atoms with Gasteiger partial charge in [-0.15, -0.1) is 0 Å². The van der Waals surface area contributed by atoms with Gasteiger partial charge in [0.15, 0.2) is 0 Å². The van der Waals surface area contributed by atoms with Crippen LogP contribution in [0.25, 0.3) is 0 Å². The molecule has 1 aromatic rings. The third kappa shape index (κ3) is 3.23. The first-order valence-corrected chi connectivity index (χ1v) is 5.55. The van der Waals surface area contributed by atoms with Crippen LogP contribution < -0.4 is 10.2 Å². The van der Waals surface area contributed by atoms with E-state index in [-0.39, 0.29) is 0 Å². The van der Waals surface area contributed by atoms with E-state index in [4.69, 9.17) is 0 Å². The number of nitrogens with one attached hydrogen (secondary N) is 1. The van der Waals surface area contributed by atoms with E-state index in [1.54, 1.807) is 0 Å². The fraction of sp³-hybridized carbons (Fsp3) is 0.727. The van der Waals surface area contributed by atoms with E-state index in [0.717, 1.165) is 19.0 Å². The van der Waals surface area contributed by atoms with Gasteiger partial charge in [0.2, 0.25) is 5.95 Å². The zero-order chi connectivity index (χ0) is 11.3. The van der Waals surface area contributed by atoms with Crippen molar-refractivity contribution in [3.63, 3.8) is 0 Å². The molecule has 0 saturated carbocycles. The zero-order valence-corrected chi connectivity index (χ0v) is 10.2. The van der Waals surface area contributed by atoms with Crippen molar-refractivity contribution in [2.45, 2.75) is 26.3 Å². The average molecular weight is 210 g/mol.